The van der Waals surface area contributed by atoms with Crippen LogP contribution in [0.25, 0.3) is 11.4 Å². The molecular formula is C25H17F5N6. The second kappa shape index (κ2) is 9.33. The fraction of sp³-hybridized carbons (Fsp3) is 0.120. The zero-order valence-electron chi connectivity index (χ0n) is 18.4. The topological polar surface area (TPSA) is 59.2 Å². The van der Waals surface area contributed by atoms with Gasteiger partial charge in [0.05, 0.1) is 11.3 Å². The van der Waals surface area contributed by atoms with E-state index in [0.717, 1.165) is 10.7 Å². The van der Waals surface area contributed by atoms with Crippen molar-refractivity contribution in [2.75, 3.05) is 4.90 Å². The Bertz CT molecular complexity index is 1440. The van der Waals surface area contributed by atoms with Crippen molar-refractivity contribution in [1.82, 2.24) is 19.7 Å². The summed E-state index contributed by atoms with van der Waals surface area (Å²) in [6.07, 6.45) is -3.70. The molecule has 0 amide bonds. The number of para-hydroxylation sites is 1. The van der Waals surface area contributed by atoms with Crippen LogP contribution in [0.4, 0.5) is 39.3 Å². The highest BCUT2D eigenvalue weighted by Gasteiger charge is 2.33. The molecule has 6 nitrogen and oxygen atoms in total. The number of allylic oxidation sites excluding steroid dienone is 1. The van der Waals surface area contributed by atoms with Crippen LogP contribution >= 0.6 is 0 Å². The Hall–Kier alpha value is -4.41. The molecule has 0 saturated heterocycles. The van der Waals surface area contributed by atoms with Crippen molar-refractivity contribution in [3.8, 4) is 5.82 Å². The molecule has 4 aromatic rings. The van der Waals surface area contributed by atoms with Crippen LogP contribution in [0.5, 0.6) is 0 Å². The Labute approximate surface area is 202 Å². The number of hydrogen-bond donors (Lipinski definition) is 0. The summed E-state index contributed by atoms with van der Waals surface area (Å²) in [6.45, 7) is 0. The van der Waals surface area contributed by atoms with E-state index in [2.05, 4.69) is 20.1 Å². The molecule has 0 bridgehead atoms. The van der Waals surface area contributed by atoms with Gasteiger partial charge in [0.15, 0.2) is 17.8 Å². The fourth-order valence-electron chi connectivity index (χ4n) is 3.68. The zero-order chi connectivity index (χ0) is 25.3. The van der Waals surface area contributed by atoms with Gasteiger partial charge in [-0.2, -0.15) is 22.7 Å². The lowest BCUT2D eigenvalue weighted by atomic mass is 10.1. The molecule has 0 fully saturated rings. The van der Waals surface area contributed by atoms with Crippen molar-refractivity contribution < 1.29 is 22.0 Å². The number of pyridine rings is 2. The lowest BCUT2D eigenvalue weighted by Gasteiger charge is -2.24. The van der Waals surface area contributed by atoms with Crippen molar-refractivity contribution in [2.24, 2.45) is 4.99 Å². The molecule has 0 aliphatic carbocycles. The highest BCUT2D eigenvalue weighted by atomic mass is 19.4. The third-order valence-electron chi connectivity index (χ3n) is 5.31. The van der Waals surface area contributed by atoms with E-state index in [9.17, 15) is 22.0 Å². The predicted octanol–water partition coefficient (Wildman–Crippen LogP) is 6.60. The van der Waals surface area contributed by atoms with Crippen LogP contribution in [0.1, 0.15) is 17.8 Å². The maximum atomic E-state index is 14.4. The first-order valence-electron chi connectivity index (χ1n) is 10.8. The molecule has 182 valence electrons. The van der Waals surface area contributed by atoms with Crippen LogP contribution in [-0.2, 0) is 6.18 Å². The largest absolute Gasteiger partial charge is 0.435 e. The minimum absolute atomic E-state index is 0.0650. The van der Waals surface area contributed by atoms with Gasteiger partial charge >= 0.3 is 6.18 Å². The van der Waals surface area contributed by atoms with E-state index >= 15 is 0 Å². The Kier molecular flexibility index (Phi) is 6.05. The zero-order valence-corrected chi connectivity index (χ0v) is 18.4. The second-order valence-electron chi connectivity index (χ2n) is 7.76. The van der Waals surface area contributed by atoms with Crippen LogP contribution in [0.15, 0.2) is 90.1 Å². The van der Waals surface area contributed by atoms with Crippen LogP contribution < -0.4 is 4.90 Å². The van der Waals surface area contributed by atoms with Gasteiger partial charge in [-0.3, -0.25) is 4.90 Å². The molecule has 0 radical (unpaired) electrons. The van der Waals surface area contributed by atoms with Gasteiger partial charge in [-0.1, -0.05) is 36.4 Å². The Morgan fingerprint density at radius 1 is 0.861 bits per heavy atom. The summed E-state index contributed by atoms with van der Waals surface area (Å²) in [5.74, 6) is -0.0926. The van der Waals surface area contributed by atoms with Gasteiger partial charge in [-0.05, 0) is 42.5 Å². The molecule has 1 aliphatic heterocycles. The van der Waals surface area contributed by atoms with Gasteiger partial charge < -0.3 is 0 Å². The van der Waals surface area contributed by atoms with Crippen LogP contribution in [-0.4, -0.2) is 32.0 Å². The van der Waals surface area contributed by atoms with E-state index < -0.39 is 24.1 Å². The van der Waals surface area contributed by atoms with E-state index in [-0.39, 0.29) is 23.5 Å². The normalized spacial score (nSPS) is 15.9. The number of rotatable bonds is 5. The lowest BCUT2D eigenvalue weighted by molar-refractivity contribution is -0.141. The summed E-state index contributed by atoms with van der Waals surface area (Å²) >= 11 is 0. The third kappa shape index (κ3) is 4.72. The number of aromatic nitrogens is 4. The molecule has 4 heterocycles. The van der Waals surface area contributed by atoms with Gasteiger partial charge in [0, 0.05) is 18.3 Å². The minimum atomic E-state index is -4.59. The molecule has 1 aliphatic rings. The summed E-state index contributed by atoms with van der Waals surface area (Å²) in [5.41, 5.74) is -0.0564. The number of alkyl halides is 4. The van der Waals surface area contributed by atoms with Crippen LogP contribution in [0.2, 0.25) is 0 Å². The van der Waals surface area contributed by atoms with Crippen LogP contribution in [0.3, 0.4) is 0 Å². The molecular weight excluding hydrogens is 479 g/mol. The smallest absolute Gasteiger partial charge is 0.279 e. The molecule has 1 aromatic carbocycles. The van der Waals surface area contributed by atoms with Crippen molar-refractivity contribution in [3.05, 3.63) is 96.5 Å². The van der Waals surface area contributed by atoms with Crippen molar-refractivity contribution >= 4 is 28.9 Å². The second-order valence-corrected chi connectivity index (χ2v) is 7.76. The summed E-state index contributed by atoms with van der Waals surface area (Å²) in [7, 11) is 0. The van der Waals surface area contributed by atoms with E-state index in [0.29, 0.717) is 17.3 Å². The first kappa shape index (κ1) is 23.3. The Balaban J connectivity index is 1.58. The standard InChI is InChI=1S/C25H17F5N6/c26-20-13-12-17(24(27)32-20)18-8-4-10-22(31-18)36(16-6-2-1-3-7-16)23-11-5-9-21(33-23)35-15-14-19(34-35)25(28,29)30/h1-12,14-15,20H,13H2. The summed E-state index contributed by atoms with van der Waals surface area (Å²) in [5, 5.41) is 3.59. The summed E-state index contributed by atoms with van der Waals surface area (Å²) in [4.78, 5) is 14.1. The van der Waals surface area contributed by atoms with E-state index in [1.54, 1.807) is 59.5 Å². The number of hydrogen-bond acceptors (Lipinski definition) is 5. The first-order chi connectivity index (χ1) is 17.3. The fourth-order valence-corrected chi connectivity index (χ4v) is 3.68. The molecule has 0 saturated carbocycles. The Morgan fingerprint density at radius 2 is 1.58 bits per heavy atom. The summed E-state index contributed by atoms with van der Waals surface area (Å²) in [6, 6.07) is 19.6. The first-order valence-corrected chi connectivity index (χ1v) is 10.8. The molecule has 0 spiro atoms. The number of nitrogens with zero attached hydrogens (tertiary/aromatic N) is 6. The molecule has 1 atom stereocenters. The monoisotopic (exact) mass is 496 g/mol. The molecule has 1 unspecified atom stereocenters. The number of aliphatic imine (C=N–C) groups is 1. The SMILES string of the molecule is FC1=NC(F)CC=C1c1cccc(N(c2ccccc2)c2cccc(-n3ccc(C(F)(F)F)n3)n2)n1. The Morgan fingerprint density at radius 3 is 2.28 bits per heavy atom. The number of anilines is 3. The summed E-state index contributed by atoms with van der Waals surface area (Å²) < 4.78 is 68.0. The maximum absolute atomic E-state index is 14.4. The maximum Gasteiger partial charge on any atom is 0.435 e. The average Bonchev–Trinajstić information content (AvgIpc) is 3.37. The van der Waals surface area contributed by atoms with Crippen molar-refractivity contribution in [2.45, 2.75) is 18.9 Å². The van der Waals surface area contributed by atoms with Gasteiger partial charge in [0.1, 0.15) is 11.6 Å². The highest BCUT2D eigenvalue weighted by molar-refractivity contribution is 6.19. The third-order valence-corrected chi connectivity index (χ3v) is 5.31. The quantitative estimate of drug-likeness (QED) is 0.231. The number of dihydropyridines is 1. The molecule has 36 heavy (non-hydrogen) atoms. The minimum Gasteiger partial charge on any atom is -0.279 e. The van der Waals surface area contributed by atoms with E-state index in [1.165, 1.54) is 18.3 Å². The van der Waals surface area contributed by atoms with Gasteiger partial charge in [0.2, 0.25) is 5.97 Å². The lowest BCUT2D eigenvalue weighted by Crippen LogP contribution is -2.16. The van der Waals surface area contributed by atoms with Gasteiger partial charge in [-0.15, -0.1) is 0 Å². The van der Waals surface area contributed by atoms with Crippen molar-refractivity contribution in [3.63, 3.8) is 0 Å². The van der Waals surface area contributed by atoms with E-state index in [1.807, 2.05) is 6.07 Å². The number of halogens is 5. The van der Waals surface area contributed by atoms with Crippen LogP contribution in [0, 0.1) is 0 Å². The molecule has 5 rings (SSSR count). The number of benzene rings is 1. The molecule has 11 heteroatoms. The molecule has 3 aromatic heterocycles. The average molecular weight is 496 g/mol. The highest BCUT2D eigenvalue weighted by Crippen LogP contribution is 2.34. The predicted molar refractivity (Wildman–Crippen MR) is 125 cm³/mol. The molecule has 0 N–H and O–H groups in total. The van der Waals surface area contributed by atoms with E-state index in [4.69, 9.17) is 0 Å². The van der Waals surface area contributed by atoms with Crippen molar-refractivity contribution in [1.29, 1.82) is 0 Å². The van der Waals surface area contributed by atoms with Gasteiger partial charge in [0.25, 0.3) is 0 Å². The van der Waals surface area contributed by atoms with Gasteiger partial charge in [-0.25, -0.2) is 24.0 Å².